The highest BCUT2D eigenvalue weighted by atomic mass is 35.5. The Morgan fingerprint density at radius 1 is 1.24 bits per heavy atom. The molecule has 1 fully saturated rings. The summed E-state index contributed by atoms with van der Waals surface area (Å²) in [4.78, 5) is 23.9. The number of carbonyl (C=O) groups is 1. The Hall–Kier alpha value is -3.13. The lowest BCUT2D eigenvalue weighted by Gasteiger charge is -2.27. The van der Waals surface area contributed by atoms with Crippen molar-refractivity contribution in [3.05, 3.63) is 58.2 Å². The van der Waals surface area contributed by atoms with E-state index in [0.29, 0.717) is 35.4 Å². The summed E-state index contributed by atoms with van der Waals surface area (Å²) in [5.74, 6) is 0.708. The lowest BCUT2D eigenvalue weighted by molar-refractivity contribution is 0.0704. The number of nitrogens with zero attached hydrogens (tertiary/aromatic N) is 6. The van der Waals surface area contributed by atoms with Gasteiger partial charge >= 0.3 is 0 Å². The van der Waals surface area contributed by atoms with E-state index in [-0.39, 0.29) is 11.9 Å². The Kier molecular flexibility index (Phi) is 6.83. The Bertz CT molecular complexity index is 1150. The van der Waals surface area contributed by atoms with Crippen LogP contribution in [0.15, 0.2) is 40.0 Å². The smallest absolute Gasteiger partial charge is 0.298 e. The highest BCUT2D eigenvalue weighted by Gasteiger charge is 2.29. The summed E-state index contributed by atoms with van der Waals surface area (Å²) in [7, 11) is 0. The third-order valence-electron chi connectivity index (χ3n) is 5.98. The molecular formula is C24H29ClN6O2. The van der Waals surface area contributed by atoms with Crippen molar-refractivity contribution in [3.63, 3.8) is 0 Å². The minimum Gasteiger partial charge on any atom is -0.428 e. The number of hydrogen-bond acceptors (Lipinski definition) is 6. The van der Waals surface area contributed by atoms with Crippen molar-refractivity contribution in [2.75, 3.05) is 24.5 Å². The standard InChI is InChI=1S/C24H29ClN6O2/c1-5-19-6-7-22(31-26-9-10-27-31)20(15-19)23(32)30-13-12-29(11-8-17(30)3)24-28-21(14-16(2)25)18(4)33-24/h6-7,9-10,14-15,17H,5,8,11-13H2,1-4H3. The number of amides is 1. The molecule has 0 spiro atoms. The molecule has 2 aromatic heterocycles. The second-order valence-corrected chi connectivity index (χ2v) is 8.91. The number of halogens is 1. The average Bonchev–Trinajstić information content (AvgIpc) is 3.40. The SMILES string of the molecule is CCc1ccc(-n2nccn2)c(C(=O)N2CCN(c3nc(C=C(C)Cl)c(C)o3)CCC2C)c1. The summed E-state index contributed by atoms with van der Waals surface area (Å²) in [5.41, 5.74) is 3.13. The van der Waals surface area contributed by atoms with E-state index < -0.39 is 0 Å². The van der Waals surface area contributed by atoms with Crippen LogP contribution < -0.4 is 4.90 Å². The summed E-state index contributed by atoms with van der Waals surface area (Å²) >= 11 is 6.02. The van der Waals surface area contributed by atoms with Crippen molar-refractivity contribution in [1.29, 1.82) is 0 Å². The van der Waals surface area contributed by atoms with Crippen molar-refractivity contribution in [3.8, 4) is 5.69 Å². The normalized spacial score (nSPS) is 17.4. The third kappa shape index (κ3) is 4.95. The zero-order valence-corrected chi connectivity index (χ0v) is 20.2. The van der Waals surface area contributed by atoms with Gasteiger partial charge in [-0.1, -0.05) is 24.6 Å². The fourth-order valence-electron chi connectivity index (χ4n) is 4.05. The first-order valence-corrected chi connectivity index (χ1v) is 11.6. The van der Waals surface area contributed by atoms with Crippen LogP contribution in [0.1, 0.15) is 54.6 Å². The molecule has 1 unspecified atom stereocenters. The van der Waals surface area contributed by atoms with Gasteiger partial charge in [-0.25, -0.2) is 0 Å². The van der Waals surface area contributed by atoms with E-state index in [2.05, 4.69) is 33.9 Å². The molecule has 1 atom stereocenters. The summed E-state index contributed by atoms with van der Waals surface area (Å²) < 4.78 is 5.91. The van der Waals surface area contributed by atoms with E-state index in [1.165, 1.54) is 4.80 Å². The van der Waals surface area contributed by atoms with Crippen LogP contribution in [0.25, 0.3) is 11.8 Å². The molecule has 4 rings (SSSR count). The monoisotopic (exact) mass is 468 g/mol. The van der Waals surface area contributed by atoms with Gasteiger partial charge in [0.2, 0.25) is 0 Å². The number of hydrogen-bond donors (Lipinski definition) is 0. The molecule has 0 aliphatic carbocycles. The maximum atomic E-state index is 13.7. The third-order valence-corrected chi connectivity index (χ3v) is 6.09. The van der Waals surface area contributed by atoms with E-state index in [9.17, 15) is 4.79 Å². The molecule has 33 heavy (non-hydrogen) atoms. The summed E-state index contributed by atoms with van der Waals surface area (Å²) in [6, 6.07) is 6.52. The molecule has 0 radical (unpaired) electrons. The second-order valence-electron chi connectivity index (χ2n) is 8.32. The molecule has 8 nitrogen and oxygen atoms in total. The van der Waals surface area contributed by atoms with Gasteiger partial charge in [0.25, 0.3) is 11.9 Å². The Morgan fingerprint density at radius 2 is 2.00 bits per heavy atom. The maximum Gasteiger partial charge on any atom is 0.298 e. The van der Waals surface area contributed by atoms with Gasteiger partial charge < -0.3 is 14.2 Å². The highest BCUT2D eigenvalue weighted by molar-refractivity contribution is 6.31. The van der Waals surface area contributed by atoms with Crippen LogP contribution in [0, 0.1) is 6.92 Å². The lowest BCUT2D eigenvalue weighted by atomic mass is 10.0. The molecule has 1 aliphatic heterocycles. The first-order chi connectivity index (χ1) is 15.9. The van der Waals surface area contributed by atoms with Crippen LogP contribution in [0.4, 0.5) is 6.01 Å². The zero-order valence-electron chi connectivity index (χ0n) is 19.5. The number of aryl methyl sites for hydroxylation is 2. The van der Waals surface area contributed by atoms with Crippen LogP contribution in [-0.2, 0) is 6.42 Å². The predicted octanol–water partition coefficient (Wildman–Crippen LogP) is 4.47. The zero-order chi connectivity index (χ0) is 23.5. The predicted molar refractivity (Wildman–Crippen MR) is 129 cm³/mol. The first kappa shape index (κ1) is 23.0. The summed E-state index contributed by atoms with van der Waals surface area (Å²) in [6.07, 6.45) is 6.67. The Morgan fingerprint density at radius 3 is 2.70 bits per heavy atom. The van der Waals surface area contributed by atoms with Gasteiger partial charge in [-0.15, -0.1) is 0 Å². The largest absolute Gasteiger partial charge is 0.428 e. The fraction of sp³-hybridized carbons (Fsp3) is 0.417. The second kappa shape index (κ2) is 9.79. The fourth-order valence-corrected chi connectivity index (χ4v) is 4.15. The quantitative estimate of drug-likeness (QED) is 0.549. The molecule has 1 aromatic carbocycles. The minimum atomic E-state index is -0.0167. The van der Waals surface area contributed by atoms with Crippen LogP contribution in [0.3, 0.4) is 0 Å². The molecule has 0 bridgehead atoms. The van der Waals surface area contributed by atoms with Crippen molar-refractivity contribution >= 4 is 29.6 Å². The van der Waals surface area contributed by atoms with Crippen LogP contribution >= 0.6 is 11.6 Å². The lowest BCUT2D eigenvalue weighted by Crippen LogP contribution is -2.40. The molecule has 3 aromatic rings. The molecule has 3 heterocycles. The maximum absolute atomic E-state index is 13.7. The van der Waals surface area contributed by atoms with Gasteiger partial charge in [-0.2, -0.15) is 20.0 Å². The number of carbonyl (C=O) groups excluding carboxylic acids is 1. The van der Waals surface area contributed by atoms with E-state index in [4.69, 9.17) is 16.0 Å². The van der Waals surface area contributed by atoms with E-state index in [1.54, 1.807) is 18.5 Å². The highest BCUT2D eigenvalue weighted by Crippen LogP contribution is 2.25. The van der Waals surface area contributed by atoms with Crippen molar-refractivity contribution < 1.29 is 9.21 Å². The van der Waals surface area contributed by atoms with Gasteiger partial charge in [0.15, 0.2) is 0 Å². The summed E-state index contributed by atoms with van der Waals surface area (Å²) in [5, 5.41) is 9.13. The van der Waals surface area contributed by atoms with Gasteiger partial charge in [-0.05, 0) is 57.4 Å². The number of rotatable bonds is 5. The first-order valence-electron chi connectivity index (χ1n) is 11.2. The number of allylic oxidation sites excluding steroid dienone is 1. The van der Waals surface area contributed by atoms with Crippen LogP contribution in [0.2, 0.25) is 0 Å². The molecule has 174 valence electrons. The molecule has 1 saturated heterocycles. The number of aromatic nitrogens is 4. The van der Waals surface area contributed by atoms with Gasteiger partial charge in [0, 0.05) is 30.7 Å². The molecule has 0 saturated carbocycles. The van der Waals surface area contributed by atoms with Gasteiger partial charge in [0.1, 0.15) is 11.5 Å². The molecule has 1 amide bonds. The number of oxazole rings is 1. The topological polar surface area (TPSA) is 80.3 Å². The Labute approximate surface area is 198 Å². The minimum absolute atomic E-state index is 0.0167. The molecule has 9 heteroatoms. The van der Waals surface area contributed by atoms with Crippen molar-refractivity contribution in [2.24, 2.45) is 0 Å². The van der Waals surface area contributed by atoms with Crippen LogP contribution in [-0.4, -0.2) is 56.5 Å². The molecule has 1 aliphatic rings. The van der Waals surface area contributed by atoms with Gasteiger partial charge in [0.05, 0.1) is 23.6 Å². The Balaban J connectivity index is 1.59. The van der Waals surface area contributed by atoms with Gasteiger partial charge in [-0.3, -0.25) is 4.79 Å². The van der Waals surface area contributed by atoms with E-state index in [0.717, 1.165) is 36.4 Å². The summed E-state index contributed by atoms with van der Waals surface area (Å²) in [6.45, 7) is 9.79. The van der Waals surface area contributed by atoms with E-state index >= 15 is 0 Å². The number of benzene rings is 1. The molecular weight excluding hydrogens is 440 g/mol. The molecule has 0 N–H and O–H groups in total. The van der Waals surface area contributed by atoms with Crippen molar-refractivity contribution in [1.82, 2.24) is 24.9 Å². The average molecular weight is 469 g/mol. The van der Waals surface area contributed by atoms with Crippen LogP contribution in [0.5, 0.6) is 0 Å². The number of anilines is 1. The van der Waals surface area contributed by atoms with E-state index in [1.807, 2.05) is 36.9 Å². The van der Waals surface area contributed by atoms with Crippen molar-refractivity contribution in [2.45, 2.75) is 46.6 Å².